The van der Waals surface area contributed by atoms with Gasteiger partial charge in [0.05, 0.1) is 24.2 Å². The van der Waals surface area contributed by atoms with Crippen molar-refractivity contribution >= 4 is 32.4 Å². The number of hydrogen-bond donors (Lipinski definition) is 0. The number of hydrogen-bond acceptors (Lipinski definition) is 8. The van der Waals surface area contributed by atoms with Crippen molar-refractivity contribution in [3.63, 3.8) is 0 Å². The maximum absolute atomic E-state index is 13.5. The molecule has 2 fully saturated rings. The van der Waals surface area contributed by atoms with Gasteiger partial charge in [0, 0.05) is 24.9 Å². The van der Waals surface area contributed by atoms with Gasteiger partial charge in [-0.25, -0.2) is 0 Å². The van der Waals surface area contributed by atoms with Gasteiger partial charge in [-0.15, -0.1) is 0 Å². The van der Waals surface area contributed by atoms with E-state index in [1.165, 1.54) is 0 Å². The van der Waals surface area contributed by atoms with Crippen LogP contribution in [0.5, 0.6) is 23.0 Å². The van der Waals surface area contributed by atoms with Crippen LogP contribution >= 0.6 is 0 Å². The van der Waals surface area contributed by atoms with Crippen LogP contribution in [-0.2, 0) is 76.9 Å². The molecule has 4 aromatic carbocycles. The van der Waals surface area contributed by atoms with E-state index in [1.54, 1.807) is 24.9 Å². The summed E-state index contributed by atoms with van der Waals surface area (Å²) in [5.41, 5.74) is 9.24. The van der Waals surface area contributed by atoms with Gasteiger partial charge in [0.2, 0.25) is 0 Å². The fourth-order valence-corrected chi connectivity index (χ4v) is 10.5. The number of rotatable bonds is 8. The van der Waals surface area contributed by atoms with Gasteiger partial charge in [0.15, 0.2) is 0 Å². The van der Waals surface area contributed by atoms with Crippen LogP contribution in [-0.4, -0.2) is 56.6 Å². The smallest absolute Gasteiger partial charge is 0.872 e. The average molecular weight is 1280 g/mol. The normalized spacial score (nSPS) is 18.5. The molecule has 6 rings (SSSR count). The Morgan fingerprint density at radius 2 is 0.465 bits per heavy atom. The summed E-state index contributed by atoms with van der Waals surface area (Å²) in [5, 5.41) is 53.9. The summed E-state index contributed by atoms with van der Waals surface area (Å²) >= 11 is 0. The number of halogens is 3. The second kappa shape index (κ2) is 30.0. The van der Waals surface area contributed by atoms with Crippen molar-refractivity contribution < 1.29 is 66.9 Å². The Hall–Kier alpha value is -4.37. The topological polar surface area (TPSA) is 142 Å². The van der Waals surface area contributed by atoms with Crippen molar-refractivity contribution in [3.05, 3.63) is 115 Å². The number of aliphatic imine (C=N–C) groups is 4. The zero-order valence-corrected chi connectivity index (χ0v) is 58.8. The summed E-state index contributed by atoms with van der Waals surface area (Å²) in [5.74, 6) is 0.240. The first-order valence-electron chi connectivity index (χ1n) is 30.6. The molecule has 0 amide bonds. The van der Waals surface area contributed by atoms with Gasteiger partial charge in [-0.1, -0.05) is 263 Å². The zero-order valence-electron chi connectivity index (χ0n) is 56.7. The average Bonchev–Trinajstić information content (AvgIpc) is 2.21. The standard InChI is InChI=1S/2C36H54N2O2.BF3.2Co/c2*1-33(2,3)25-17-23(31(39)27(19-25)35(7,8)9)21-37-29-15-13-14-16-30(29)38-22-24-18-26(34(4,5)6)20-28(32(24)40)36(10,11)12;2-1(3)4;;/h2*17-22,29-30,39-40H,13-16H2,1-12H3;;;/q;;;2*+2/p-4/t29-,30+;29-,30-;;;/m.1.../s1. The second-order valence-electron chi connectivity index (χ2n) is 32.0. The van der Waals surface area contributed by atoms with E-state index in [0.717, 1.165) is 95.9 Å². The molecule has 2 saturated carbocycles. The molecule has 0 heterocycles. The minimum atomic E-state index is -3.67. The van der Waals surface area contributed by atoms with E-state index in [2.05, 4.69) is 190 Å². The van der Waals surface area contributed by atoms with Crippen LogP contribution in [0.15, 0.2) is 68.5 Å². The number of benzene rings is 4. The van der Waals surface area contributed by atoms with Gasteiger partial charge in [0.1, 0.15) is 0 Å². The Morgan fingerprint density at radius 3 is 0.593 bits per heavy atom. The fourth-order valence-electron chi connectivity index (χ4n) is 10.5. The SMILES string of the molecule is CC(C)(C)c1cc(C=N[C@@H]2CCCC[C@H]2N=Cc2cc(C(C)(C)C)cc(C(C)(C)C)c2[O-])c([O-])c(C(C)(C)C)c1.CC(C)(C)c1cc(C=N[C@H]2CCCC[C@H]2N=Cc2cc(C(C)(C)C)cc(C(C)(C)C)c2[O-])c([O-])c(C(C)(C)C)c1.FB(F)F.[Co+2].[Co+2]. The Morgan fingerprint density at radius 1 is 0.314 bits per heavy atom. The molecule has 2 aliphatic rings. The van der Waals surface area contributed by atoms with Gasteiger partial charge in [-0.05, 0) is 136 Å². The zero-order chi connectivity index (χ0) is 64.1. The van der Waals surface area contributed by atoms with Crippen molar-refractivity contribution in [1.29, 1.82) is 0 Å². The molecular formula is C72H104BCo2F3N4O4. The molecule has 478 valence electrons. The number of nitrogens with zero attached hydrogens (tertiary/aromatic N) is 4. The van der Waals surface area contributed by atoms with Crippen LogP contribution in [0.1, 0.15) is 284 Å². The maximum atomic E-state index is 13.5. The first kappa shape index (κ1) is 77.7. The summed E-state index contributed by atoms with van der Waals surface area (Å²) in [4.78, 5) is 19.9. The molecule has 0 aromatic heterocycles. The van der Waals surface area contributed by atoms with Gasteiger partial charge in [-0.3, -0.25) is 32.9 Å². The van der Waals surface area contributed by atoms with Crippen LogP contribution in [0, 0.1) is 0 Å². The Balaban J connectivity index is 0.000000540. The predicted octanol–water partition coefficient (Wildman–Crippen LogP) is 16.6. The summed E-state index contributed by atoms with van der Waals surface area (Å²) in [6.45, 7) is 51.2. The minimum absolute atomic E-state index is 0. The first-order valence-corrected chi connectivity index (χ1v) is 30.6. The van der Waals surface area contributed by atoms with Crippen LogP contribution in [0.4, 0.5) is 12.9 Å². The van der Waals surface area contributed by atoms with Crippen molar-refractivity contribution in [1.82, 2.24) is 0 Å². The van der Waals surface area contributed by atoms with Gasteiger partial charge < -0.3 is 20.4 Å². The summed E-state index contributed by atoms with van der Waals surface area (Å²) in [7, 11) is -3.67. The molecule has 86 heavy (non-hydrogen) atoms. The van der Waals surface area contributed by atoms with Crippen LogP contribution in [0.2, 0.25) is 0 Å². The fraction of sp³-hybridized carbons (Fsp3) is 0.611. The van der Waals surface area contributed by atoms with E-state index in [0.29, 0.717) is 22.3 Å². The largest absolute Gasteiger partial charge is 2.00 e. The molecule has 8 nitrogen and oxygen atoms in total. The molecule has 4 atom stereocenters. The van der Waals surface area contributed by atoms with Crippen LogP contribution < -0.4 is 20.4 Å². The van der Waals surface area contributed by atoms with E-state index in [1.807, 2.05) is 24.3 Å². The maximum Gasteiger partial charge on any atom is 2.00 e. The molecule has 0 saturated heterocycles. The van der Waals surface area contributed by atoms with Crippen LogP contribution in [0.25, 0.3) is 0 Å². The molecular weight excluding hydrogens is 1170 g/mol. The van der Waals surface area contributed by atoms with Crippen molar-refractivity contribution in [3.8, 4) is 23.0 Å². The van der Waals surface area contributed by atoms with E-state index in [4.69, 9.17) is 20.0 Å². The van der Waals surface area contributed by atoms with E-state index >= 15 is 0 Å². The molecule has 0 unspecified atom stereocenters. The van der Waals surface area contributed by atoms with E-state index in [9.17, 15) is 33.4 Å². The van der Waals surface area contributed by atoms with E-state index < -0.39 is 7.54 Å². The van der Waals surface area contributed by atoms with Gasteiger partial charge in [-0.2, -0.15) is 0 Å². The first-order chi connectivity index (χ1) is 38.1. The third kappa shape index (κ3) is 22.0. The van der Waals surface area contributed by atoms with Gasteiger partial charge in [0.25, 0.3) is 0 Å². The molecule has 4 aromatic rings. The summed E-state index contributed by atoms with van der Waals surface area (Å²) in [6.07, 6.45) is 15.3. The Bertz CT molecular complexity index is 2610. The molecule has 2 aliphatic carbocycles. The monoisotopic (exact) mass is 1270 g/mol. The third-order valence-electron chi connectivity index (χ3n) is 16.2. The van der Waals surface area contributed by atoms with Crippen LogP contribution in [0.3, 0.4) is 0 Å². The third-order valence-corrected chi connectivity index (χ3v) is 16.2. The Kier molecular flexibility index (Phi) is 27.1. The van der Waals surface area contributed by atoms with Crippen molar-refractivity contribution in [2.45, 2.75) is 285 Å². The Labute approximate surface area is 539 Å². The minimum Gasteiger partial charge on any atom is -0.872 e. The molecule has 0 spiro atoms. The van der Waals surface area contributed by atoms with Crippen molar-refractivity contribution in [2.75, 3.05) is 0 Å². The summed E-state index contributed by atoms with van der Waals surface area (Å²) < 4.78 is 29.0. The molecule has 14 heteroatoms. The van der Waals surface area contributed by atoms with E-state index in [-0.39, 0.29) is 124 Å². The summed E-state index contributed by atoms with van der Waals surface area (Å²) in [6, 6.07) is 16.3. The molecule has 0 bridgehead atoms. The molecule has 2 radical (unpaired) electrons. The van der Waals surface area contributed by atoms with Gasteiger partial charge >= 0.3 is 41.1 Å². The quantitative estimate of drug-likeness (QED) is 0.128. The predicted molar refractivity (Wildman–Crippen MR) is 345 cm³/mol. The second-order valence-corrected chi connectivity index (χ2v) is 32.0. The van der Waals surface area contributed by atoms with Crippen molar-refractivity contribution in [2.24, 2.45) is 20.0 Å². The molecule has 0 aliphatic heterocycles. The molecule has 0 N–H and O–H groups in total.